The van der Waals surface area contributed by atoms with E-state index in [-0.39, 0.29) is 5.91 Å². The van der Waals surface area contributed by atoms with Crippen LogP contribution in [0.15, 0.2) is 41.4 Å². The normalized spacial score (nSPS) is 11.9. The van der Waals surface area contributed by atoms with E-state index in [1.54, 1.807) is 0 Å². The maximum atomic E-state index is 12.5. The van der Waals surface area contributed by atoms with Gasteiger partial charge in [0.2, 0.25) is 0 Å². The van der Waals surface area contributed by atoms with Crippen LogP contribution in [-0.2, 0) is 17.8 Å². The summed E-state index contributed by atoms with van der Waals surface area (Å²) in [6.45, 7) is 9.53. The van der Waals surface area contributed by atoms with Crippen molar-refractivity contribution in [1.29, 1.82) is 0 Å². The molecule has 3 aromatic rings. The first-order valence-corrected chi connectivity index (χ1v) is 9.73. The minimum Gasteiger partial charge on any atom is -0.494 e. The van der Waals surface area contributed by atoms with Gasteiger partial charge in [-0.1, -0.05) is 35.1 Å². The molecule has 0 saturated heterocycles. The van der Waals surface area contributed by atoms with Gasteiger partial charge in [-0.2, -0.15) is 4.99 Å². The Bertz CT molecular complexity index is 1010. The number of nitrogens with zero attached hydrogens (tertiary/aromatic N) is 2. The van der Waals surface area contributed by atoms with Gasteiger partial charge in [0.25, 0.3) is 5.91 Å². The Morgan fingerprint density at radius 1 is 1.15 bits per heavy atom. The van der Waals surface area contributed by atoms with Crippen LogP contribution in [0, 0.1) is 13.8 Å². The van der Waals surface area contributed by atoms with Crippen LogP contribution in [0.5, 0.6) is 5.75 Å². The molecule has 26 heavy (non-hydrogen) atoms. The Kier molecular flexibility index (Phi) is 5.57. The maximum absolute atomic E-state index is 12.5. The SMILES string of the molecule is CCOc1ccc2c(c1)sc(=NC(=O)Cc1ccc(C)cc1C)n2CC. The van der Waals surface area contributed by atoms with Gasteiger partial charge in [0.1, 0.15) is 5.75 Å². The molecule has 0 spiro atoms. The number of carbonyl (C=O) groups is 1. The van der Waals surface area contributed by atoms with Crippen molar-refractivity contribution in [3.8, 4) is 5.75 Å². The molecule has 0 atom stereocenters. The molecule has 4 nitrogen and oxygen atoms in total. The highest BCUT2D eigenvalue weighted by atomic mass is 32.1. The Labute approximate surface area is 157 Å². The molecular weight excluding hydrogens is 344 g/mol. The molecule has 0 radical (unpaired) electrons. The lowest BCUT2D eigenvalue weighted by Gasteiger charge is -2.05. The Hall–Kier alpha value is -2.40. The average Bonchev–Trinajstić information content (AvgIpc) is 2.93. The second-order valence-corrected chi connectivity index (χ2v) is 7.31. The number of rotatable bonds is 5. The molecule has 5 heteroatoms. The monoisotopic (exact) mass is 368 g/mol. The highest BCUT2D eigenvalue weighted by molar-refractivity contribution is 7.16. The predicted octanol–water partition coefficient (Wildman–Crippen LogP) is 4.41. The molecule has 0 aliphatic rings. The molecule has 3 rings (SSSR count). The summed E-state index contributed by atoms with van der Waals surface area (Å²) in [4.78, 5) is 17.7. The van der Waals surface area contributed by atoms with Crippen LogP contribution in [0.3, 0.4) is 0 Å². The quantitative estimate of drug-likeness (QED) is 0.669. The molecule has 1 aromatic heterocycles. The highest BCUT2D eigenvalue weighted by Gasteiger charge is 2.09. The first-order chi connectivity index (χ1) is 12.5. The number of ether oxygens (including phenoxy) is 1. The number of aryl methyl sites for hydroxylation is 3. The Morgan fingerprint density at radius 2 is 1.96 bits per heavy atom. The van der Waals surface area contributed by atoms with Crippen molar-refractivity contribution in [2.75, 3.05) is 6.61 Å². The lowest BCUT2D eigenvalue weighted by molar-refractivity contribution is -0.117. The molecule has 0 N–H and O–H groups in total. The van der Waals surface area contributed by atoms with E-state index in [0.29, 0.717) is 13.0 Å². The van der Waals surface area contributed by atoms with Crippen LogP contribution >= 0.6 is 11.3 Å². The maximum Gasteiger partial charge on any atom is 0.252 e. The number of hydrogen-bond donors (Lipinski definition) is 0. The minimum absolute atomic E-state index is 0.115. The third-order valence-corrected chi connectivity index (χ3v) is 5.38. The van der Waals surface area contributed by atoms with Gasteiger partial charge in [0.05, 0.1) is 23.2 Å². The Balaban J connectivity index is 1.96. The van der Waals surface area contributed by atoms with E-state index in [9.17, 15) is 4.79 Å². The summed E-state index contributed by atoms with van der Waals surface area (Å²) in [6.07, 6.45) is 0.328. The summed E-state index contributed by atoms with van der Waals surface area (Å²) in [5, 5.41) is 0. The fourth-order valence-corrected chi connectivity index (χ4v) is 4.19. The molecular formula is C21H24N2O2S. The van der Waals surface area contributed by atoms with Gasteiger partial charge in [-0.3, -0.25) is 4.79 Å². The molecule has 1 amide bonds. The molecule has 0 aliphatic carbocycles. The molecule has 0 saturated carbocycles. The van der Waals surface area contributed by atoms with Crippen molar-refractivity contribution in [2.45, 2.75) is 40.7 Å². The lowest BCUT2D eigenvalue weighted by Crippen LogP contribution is -2.16. The predicted molar refractivity (Wildman–Crippen MR) is 107 cm³/mol. The standard InChI is InChI=1S/C21H24N2O2S/c1-5-23-18-10-9-17(25-6-2)13-19(18)26-21(23)22-20(24)12-16-8-7-14(3)11-15(16)4/h7-11,13H,5-6,12H2,1-4H3. The molecule has 0 bridgehead atoms. The van der Waals surface area contributed by atoms with Gasteiger partial charge in [-0.25, -0.2) is 0 Å². The second kappa shape index (κ2) is 7.87. The first kappa shape index (κ1) is 18.4. The van der Waals surface area contributed by atoms with Crippen molar-refractivity contribution in [3.05, 3.63) is 57.9 Å². The number of carbonyl (C=O) groups excluding carboxylic acids is 1. The van der Waals surface area contributed by atoms with Gasteiger partial charge in [-0.05, 0) is 57.0 Å². The smallest absolute Gasteiger partial charge is 0.252 e. The number of amides is 1. The summed E-state index contributed by atoms with van der Waals surface area (Å²) in [7, 11) is 0. The van der Waals surface area contributed by atoms with Crippen molar-refractivity contribution in [1.82, 2.24) is 4.57 Å². The summed E-state index contributed by atoms with van der Waals surface area (Å²) >= 11 is 1.53. The van der Waals surface area contributed by atoms with Gasteiger partial charge >= 0.3 is 0 Å². The van der Waals surface area contributed by atoms with E-state index in [1.165, 1.54) is 16.9 Å². The summed E-state index contributed by atoms with van der Waals surface area (Å²) in [5.74, 6) is 0.730. The van der Waals surface area contributed by atoms with E-state index in [0.717, 1.165) is 38.4 Å². The van der Waals surface area contributed by atoms with Crippen molar-refractivity contribution < 1.29 is 9.53 Å². The summed E-state index contributed by atoms with van der Waals surface area (Å²) < 4.78 is 8.74. The first-order valence-electron chi connectivity index (χ1n) is 8.91. The van der Waals surface area contributed by atoms with Crippen LogP contribution in [0.25, 0.3) is 10.2 Å². The van der Waals surface area contributed by atoms with E-state index in [4.69, 9.17) is 4.74 Å². The largest absolute Gasteiger partial charge is 0.494 e. The van der Waals surface area contributed by atoms with E-state index in [2.05, 4.69) is 29.5 Å². The van der Waals surface area contributed by atoms with Crippen LogP contribution < -0.4 is 9.54 Å². The summed E-state index contributed by atoms with van der Waals surface area (Å²) in [6, 6.07) is 12.2. The van der Waals surface area contributed by atoms with E-state index >= 15 is 0 Å². The number of thiazole rings is 1. The Morgan fingerprint density at radius 3 is 2.65 bits per heavy atom. The van der Waals surface area contributed by atoms with Gasteiger partial charge in [0.15, 0.2) is 4.80 Å². The molecule has 0 aliphatic heterocycles. The molecule has 1 heterocycles. The number of hydrogen-bond acceptors (Lipinski definition) is 3. The molecule has 136 valence electrons. The zero-order valence-electron chi connectivity index (χ0n) is 15.7. The second-order valence-electron chi connectivity index (χ2n) is 6.30. The van der Waals surface area contributed by atoms with Gasteiger partial charge < -0.3 is 9.30 Å². The third kappa shape index (κ3) is 3.88. The number of benzene rings is 2. The number of fused-ring (bicyclic) bond motifs is 1. The fourth-order valence-electron chi connectivity index (χ4n) is 3.05. The average molecular weight is 369 g/mol. The molecule has 2 aromatic carbocycles. The van der Waals surface area contributed by atoms with Crippen LogP contribution in [0.2, 0.25) is 0 Å². The zero-order valence-corrected chi connectivity index (χ0v) is 16.5. The van der Waals surface area contributed by atoms with E-state index < -0.39 is 0 Å². The lowest BCUT2D eigenvalue weighted by atomic mass is 10.0. The van der Waals surface area contributed by atoms with Crippen molar-refractivity contribution in [2.24, 2.45) is 4.99 Å². The van der Waals surface area contributed by atoms with Crippen LogP contribution in [0.4, 0.5) is 0 Å². The van der Waals surface area contributed by atoms with Crippen molar-refractivity contribution in [3.63, 3.8) is 0 Å². The molecule has 0 fully saturated rings. The van der Waals surface area contributed by atoms with Gasteiger partial charge in [-0.15, -0.1) is 0 Å². The highest BCUT2D eigenvalue weighted by Crippen LogP contribution is 2.23. The van der Waals surface area contributed by atoms with Crippen LogP contribution in [0.1, 0.15) is 30.5 Å². The van der Waals surface area contributed by atoms with Gasteiger partial charge in [0, 0.05) is 6.54 Å². The zero-order chi connectivity index (χ0) is 18.7. The third-order valence-electron chi connectivity index (χ3n) is 4.34. The topological polar surface area (TPSA) is 43.6 Å². The summed E-state index contributed by atoms with van der Waals surface area (Å²) in [5.41, 5.74) is 4.45. The fraction of sp³-hybridized carbons (Fsp3) is 0.333. The van der Waals surface area contributed by atoms with Crippen LogP contribution in [-0.4, -0.2) is 17.1 Å². The van der Waals surface area contributed by atoms with Crippen molar-refractivity contribution >= 4 is 27.5 Å². The molecule has 0 unspecified atom stereocenters. The number of aromatic nitrogens is 1. The minimum atomic E-state index is -0.115. The van der Waals surface area contributed by atoms with E-state index in [1.807, 2.05) is 44.2 Å².